The summed E-state index contributed by atoms with van der Waals surface area (Å²) in [7, 11) is -4.56. The Morgan fingerprint density at radius 3 is 2.53 bits per heavy atom. The van der Waals surface area contributed by atoms with Gasteiger partial charge in [0, 0.05) is 23.8 Å². The Labute approximate surface area is 182 Å². The molecule has 3 rings (SSSR count). The molecule has 30 heavy (non-hydrogen) atoms. The Morgan fingerprint density at radius 2 is 2.00 bits per heavy atom. The highest BCUT2D eigenvalue weighted by Gasteiger charge is 2.31. The van der Waals surface area contributed by atoms with Crippen LogP contribution in [0.5, 0.6) is 0 Å². The van der Waals surface area contributed by atoms with Gasteiger partial charge in [0.05, 0.1) is 5.56 Å². The fourth-order valence-electron chi connectivity index (χ4n) is 2.91. The van der Waals surface area contributed by atoms with Crippen LogP contribution in [0.3, 0.4) is 0 Å². The van der Waals surface area contributed by atoms with Crippen molar-refractivity contribution >= 4 is 39.1 Å². The molecule has 0 aliphatic rings. The molecule has 0 atom stereocenters. The maximum Gasteiger partial charge on any atom is 0.420 e. The van der Waals surface area contributed by atoms with Gasteiger partial charge in [-0.15, -0.1) is 11.3 Å². The average Bonchev–Trinajstić information content (AvgIpc) is 3.19. The second-order valence-electron chi connectivity index (χ2n) is 6.98. The molecule has 0 saturated carbocycles. The number of benzene rings is 1. The summed E-state index contributed by atoms with van der Waals surface area (Å²) in [6, 6.07) is 6.67. The van der Waals surface area contributed by atoms with Gasteiger partial charge in [0.2, 0.25) is 5.28 Å². The summed E-state index contributed by atoms with van der Waals surface area (Å²) >= 11 is 6.72. The van der Waals surface area contributed by atoms with Gasteiger partial charge in [-0.05, 0) is 35.1 Å². The molecule has 0 spiro atoms. The molecular weight excluding hydrogens is 453 g/mol. The Hall–Kier alpha value is -2.43. The van der Waals surface area contributed by atoms with Gasteiger partial charge in [-0.2, -0.15) is 8.42 Å². The first kappa shape index (κ1) is 22.3. The number of primary amides is 1. The van der Waals surface area contributed by atoms with E-state index < -0.39 is 22.0 Å². The first-order chi connectivity index (χ1) is 14.1. The summed E-state index contributed by atoms with van der Waals surface area (Å²) in [4.78, 5) is 15.2. The lowest BCUT2D eigenvalue weighted by atomic mass is 10.0. The second kappa shape index (κ2) is 8.75. The van der Waals surface area contributed by atoms with Crippen LogP contribution in [-0.4, -0.2) is 24.1 Å². The molecule has 2 N–H and O–H groups in total. The zero-order valence-corrected chi connectivity index (χ0v) is 18.5. The summed E-state index contributed by atoms with van der Waals surface area (Å²) in [6.07, 6.45) is 2.16. The molecule has 7 nitrogen and oxygen atoms in total. The van der Waals surface area contributed by atoms with Crippen LogP contribution in [0.15, 0.2) is 40.9 Å². The number of nitrogens with zero attached hydrogens (tertiary/aromatic N) is 2. The van der Waals surface area contributed by atoms with E-state index >= 15 is 4.39 Å². The van der Waals surface area contributed by atoms with Gasteiger partial charge in [0.15, 0.2) is 4.21 Å². The normalized spacial score (nSPS) is 11.8. The molecular formula is C19H19ClFN3O4S2. The number of halogens is 2. The van der Waals surface area contributed by atoms with Gasteiger partial charge >= 0.3 is 16.2 Å². The monoisotopic (exact) mass is 471 g/mol. The van der Waals surface area contributed by atoms with Crippen LogP contribution in [0.4, 0.5) is 9.18 Å². The third-order valence-electron chi connectivity index (χ3n) is 4.16. The number of hydrogen-bond acceptors (Lipinski definition) is 6. The molecule has 0 saturated heterocycles. The van der Waals surface area contributed by atoms with E-state index in [1.807, 2.05) is 13.8 Å². The number of carbonyl (C=O) groups excluding carboxylic acids is 1. The van der Waals surface area contributed by atoms with E-state index in [1.54, 1.807) is 41.2 Å². The smallest absolute Gasteiger partial charge is 0.334 e. The minimum absolute atomic E-state index is 0.0981. The number of nitrogens with two attached hydrogens (primary N) is 1. The molecule has 11 heteroatoms. The number of rotatable bonds is 7. The van der Waals surface area contributed by atoms with E-state index in [0.717, 1.165) is 16.9 Å². The maximum absolute atomic E-state index is 15.2. The highest BCUT2D eigenvalue weighted by molar-refractivity contribution is 7.89. The third-order valence-corrected chi connectivity index (χ3v) is 7.36. The molecule has 160 valence electrons. The fourth-order valence-corrected chi connectivity index (χ4v) is 5.78. The van der Waals surface area contributed by atoms with Crippen LogP contribution in [-0.2, 0) is 27.3 Å². The van der Waals surface area contributed by atoms with Crippen LogP contribution in [0.1, 0.15) is 24.3 Å². The number of carbonyl (C=O) groups is 1. The standard InChI is InChI=1S/C19H19ClFN3O4S2/c1-11(2)9-14-16(21)15(17(29-14)30(26,27)28-19(22)25)13-5-3-12(4-6-13)10-24-8-7-23-18(24)20/h3-8,11H,9-10H2,1-2H3,(H2,22,25). The Bertz CT molecular complexity index is 1170. The van der Waals surface area contributed by atoms with Crippen molar-refractivity contribution in [1.82, 2.24) is 9.55 Å². The van der Waals surface area contributed by atoms with Gasteiger partial charge < -0.3 is 14.5 Å². The van der Waals surface area contributed by atoms with Gasteiger partial charge in [-0.1, -0.05) is 38.1 Å². The van der Waals surface area contributed by atoms with E-state index in [-0.39, 0.29) is 20.6 Å². The second-order valence-corrected chi connectivity index (χ2v) is 10.2. The number of thiophene rings is 1. The molecule has 2 heterocycles. The lowest BCUT2D eigenvalue weighted by Crippen LogP contribution is -2.18. The van der Waals surface area contributed by atoms with Crippen molar-refractivity contribution in [1.29, 1.82) is 0 Å². The Kier molecular flexibility index (Phi) is 6.49. The van der Waals surface area contributed by atoms with Gasteiger partial charge in [0.25, 0.3) is 0 Å². The van der Waals surface area contributed by atoms with E-state index in [1.165, 1.54) is 0 Å². The topological polar surface area (TPSA) is 104 Å². The minimum atomic E-state index is -4.56. The molecule has 0 fully saturated rings. The highest BCUT2D eigenvalue weighted by atomic mass is 35.5. The summed E-state index contributed by atoms with van der Waals surface area (Å²) in [5.41, 5.74) is 5.94. The fraction of sp³-hybridized carbons (Fsp3) is 0.263. The van der Waals surface area contributed by atoms with Crippen LogP contribution >= 0.6 is 22.9 Å². The summed E-state index contributed by atoms with van der Waals surface area (Å²) < 4.78 is 45.8. The molecule has 2 aromatic heterocycles. The Morgan fingerprint density at radius 1 is 1.33 bits per heavy atom. The predicted molar refractivity (Wildman–Crippen MR) is 112 cm³/mol. The van der Waals surface area contributed by atoms with Crippen molar-refractivity contribution in [2.45, 2.75) is 31.0 Å². The highest BCUT2D eigenvalue weighted by Crippen LogP contribution is 2.40. The number of amides is 1. The predicted octanol–water partition coefficient (Wildman–Crippen LogP) is 4.43. The van der Waals surface area contributed by atoms with E-state index in [0.29, 0.717) is 23.8 Å². The van der Waals surface area contributed by atoms with Gasteiger partial charge in [-0.25, -0.2) is 14.2 Å². The third kappa shape index (κ3) is 4.82. The molecule has 1 amide bonds. The summed E-state index contributed by atoms with van der Waals surface area (Å²) in [6.45, 7) is 4.23. The molecule has 1 aromatic carbocycles. The molecule has 0 radical (unpaired) electrons. The van der Waals surface area contributed by atoms with Crippen molar-refractivity contribution in [2.75, 3.05) is 0 Å². The van der Waals surface area contributed by atoms with Gasteiger partial charge in [0.1, 0.15) is 5.82 Å². The van der Waals surface area contributed by atoms with Crippen LogP contribution in [0, 0.1) is 11.7 Å². The Balaban J connectivity index is 2.04. The SMILES string of the molecule is CC(C)Cc1sc(S(=O)(=O)OC(N)=O)c(-c2ccc(Cn3ccnc3Cl)cc2)c1F. The van der Waals surface area contributed by atoms with E-state index in [2.05, 4.69) is 9.17 Å². The molecule has 0 bridgehead atoms. The van der Waals surface area contributed by atoms with Gasteiger partial charge in [-0.3, -0.25) is 0 Å². The van der Waals surface area contributed by atoms with Crippen LogP contribution in [0.25, 0.3) is 11.1 Å². The lowest BCUT2D eigenvalue weighted by Gasteiger charge is -2.08. The van der Waals surface area contributed by atoms with Crippen molar-refractivity contribution in [3.63, 3.8) is 0 Å². The molecule has 0 unspecified atom stereocenters. The van der Waals surface area contributed by atoms with Crippen LogP contribution < -0.4 is 5.73 Å². The largest absolute Gasteiger partial charge is 0.420 e. The van der Waals surface area contributed by atoms with Crippen LogP contribution in [0.2, 0.25) is 5.28 Å². The zero-order chi connectivity index (χ0) is 22.1. The van der Waals surface area contributed by atoms with Crippen molar-refractivity contribution in [2.24, 2.45) is 11.7 Å². The lowest BCUT2D eigenvalue weighted by molar-refractivity contribution is 0.213. The van der Waals surface area contributed by atoms with Crippen molar-refractivity contribution in [3.8, 4) is 11.1 Å². The number of imidazole rings is 1. The number of hydrogen-bond donors (Lipinski definition) is 1. The first-order valence-corrected chi connectivity index (χ1v) is 11.5. The summed E-state index contributed by atoms with van der Waals surface area (Å²) in [5.74, 6) is -0.549. The zero-order valence-electron chi connectivity index (χ0n) is 16.1. The summed E-state index contributed by atoms with van der Waals surface area (Å²) in [5, 5.41) is 0.332. The average molecular weight is 472 g/mol. The minimum Gasteiger partial charge on any atom is -0.334 e. The quantitative estimate of drug-likeness (QED) is 0.513. The first-order valence-electron chi connectivity index (χ1n) is 8.89. The molecule has 0 aliphatic carbocycles. The van der Waals surface area contributed by atoms with Crippen molar-refractivity contribution in [3.05, 3.63) is 58.2 Å². The molecule has 3 aromatic rings. The maximum atomic E-state index is 15.2. The van der Waals surface area contributed by atoms with E-state index in [4.69, 9.17) is 17.3 Å². The molecule has 0 aliphatic heterocycles. The number of aromatic nitrogens is 2. The van der Waals surface area contributed by atoms with E-state index in [9.17, 15) is 13.2 Å². The van der Waals surface area contributed by atoms with Crippen molar-refractivity contribution < 1.29 is 21.8 Å².